The van der Waals surface area contributed by atoms with Gasteiger partial charge in [0.05, 0.1) is 0 Å². The Labute approximate surface area is 118 Å². The van der Waals surface area contributed by atoms with Gasteiger partial charge in [-0.05, 0) is 17.7 Å². The molecule has 1 unspecified atom stereocenters. The molecule has 0 N–H and O–H groups in total. The maximum atomic E-state index is 11.4. The highest BCUT2D eigenvalue weighted by Crippen LogP contribution is 2.15. The fraction of sp³-hybridized carbons (Fsp3) is 0.118. The Balaban J connectivity index is 2.08. The van der Waals surface area contributed by atoms with Crippen molar-refractivity contribution in [1.29, 1.82) is 0 Å². The van der Waals surface area contributed by atoms with Crippen molar-refractivity contribution in [3.8, 4) is 5.75 Å². The van der Waals surface area contributed by atoms with E-state index in [0.29, 0.717) is 12.2 Å². The average molecular weight is 268 g/mol. The van der Waals surface area contributed by atoms with Gasteiger partial charge in [0.1, 0.15) is 5.75 Å². The number of ether oxygens (including phenoxy) is 2. The summed E-state index contributed by atoms with van der Waals surface area (Å²) in [6, 6.07) is 19.0. The number of esters is 1. The molecule has 0 heterocycles. The first-order valence-corrected chi connectivity index (χ1v) is 6.36. The maximum Gasteiger partial charge on any atom is 0.333 e. The number of benzene rings is 2. The molecular formula is C17H16O3. The van der Waals surface area contributed by atoms with Crippen LogP contribution >= 0.6 is 0 Å². The van der Waals surface area contributed by atoms with Crippen LogP contribution in [0.25, 0.3) is 0 Å². The molecule has 3 nitrogen and oxygen atoms in total. The number of carbonyl (C=O) groups is 1. The van der Waals surface area contributed by atoms with Crippen molar-refractivity contribution in [3.63, 3.8) is 0 Å². The second kappa shape index (κ2) is 7.14. The molecule has 3 heteroatoms. The molecule has 0 saturated carbocycles. The van der Waals surface area contributed by atoms with Gasteiger partial charge in [0.2, 0.25) is 6.29 Å². The van der Waals surface area contributed by atoms with Crippen molar-refractivity contribution < 1.29 is 14.3 Å². The molecule has 0 aliphatic heterocycles. The molecule has 0 spiro atoms. The van der Waals surface area contributed by atoms with E-state index in [0.717, 1.165) is 11.6 Å². The average Bonchev–Trinajstić information content (AvgIpc) is 2.49. The number of carbonyl (C=O) groups excluding carboxylic acids is 1. The third-order valence-electron chi connectivity index (χ3n) is 2.67. The SMILES string of the molecule is C=CC(=O)OC(Cc1ccccc1)Oc1ccccc1. The lowest BCUT2D eigenvalue weighted by molar-refractivity contribution is -0.157. The molecule has 0 fully saturated rings. The van der Waals surface area contributed by atoms with Crippen LogP contribution in [0.1, 0.15) is 5.56 Å². The van der Waals surface area contributed by atoms with E-state index < -0.39 is 12.3 Å². The van der Waals surface area contributed by atoms with Crippen LogP contribution in [0.4, 0.5) is 0 Å². The predicted molar refractivity (Wildman–Crippen MR) is 77.3 cm³/mol. The van der Waals surface area contributed by atoms with E-state index in [4.69, 9.17) is 9.47 Å². The first-order chi connectivity index (χ1) is 9.78. The number of rotatable bonds is 6. The minimum absolute atomic E-state index is 0.481. The van der Waals surface area contributed by atoms with Crippen LogP contribution in [0.5, 0.6) is 5.75 Å². The van der Waals surface area contributed by atoms with Crippen molar-refractivity contribution in [1.82, 2.24) is 0 Å². The third-order valence-corrected chi connectivity index (χ3v) is 2.67. The van der Waals surface area contributed by atoms with E-state index in [-0.39, 0.29) is 0 Å². The van der Waals surface area contributed by atoms with Crippen LogP contribution in [0.15, 0.2) is 73.3 Å². The van der Waals surface area contributed by atoms with Crippen LogP contribution in [-0.4, -0.2) is 12.3 Å². The quantitative estimate of drug-likeness (QED) is 0.458. The van der Waals surface area contributed by atoms with Gasteiger partial charge >= 0.3 is 5.97 Å². The standard InChI is InChI=1S/C17H16O3/c1-2-16(18)20-17(13-14-9-5-3-6-10-14)19-15-11-7-4-8-12-15/h2-12,17H,1,13H2. The first kappa shape index (κ1) is 13.9. The molecule has 0 amide bonds. The lowest BCUT2D eigenvalue weighted by atomic mass is 10.1. The normalized spacial score (nSPS) is 11.4. The molecule has 2 aromatic carbocycles. The Kier molecular flexibility index (Phi) is 4.95. The minimum Gasteiger partial charge on any atom is -0.454 e. The van der Waals surface area contributed by atoms with Gasteiger partial charge in [-0.2, -0.15) is 0 Å². The molecule has 102 valence electrons. The fourth-order valence-corrected chi connectivity index (χ4v) is 1.74. The molecule has 1 atom stereocenters. The highest BCUT2D eigenvalue weighted by molar-refractivity contribution is 5.81. The van der Waals surface area contributed by atoms with Crippen molar-refractivity contribution in [2.75, 3.05) is 0 Å². The molecule has 0 aliphatic rings. The summed E-state index contributed by atoms with van der Waals surface area (Å²) in [6.07, 6.45) is 0.937. The summed E-state index contributed by atoms with van der Waals surface area (Å²) in [5.41, 5.74) is 1.03. The molecular weight excluding hydrogens is 252 g/mol. The second-order valence-electron chi connectivity index (χ2n) is 4.19. The summed E-state index contributed by atoms with van der Waals surface area (Å²) in [5.74, 6) is 0.159. The molecule has 2 rings (SSSR count). The van der Waals surface area contributed by atoms with Gasteiger partial charge in [0.15, 0.2) is 0 Å². The van der Waals surface area contributed by atoms with E-state index in [1.807, 2.05) is 60.7 Å². The fourth-order valence-electron chi connectivity index (χ4n) is 1.74. The largest absolute Gasteiger partial charge is 0.454 e. The molecule has 2 aromatic rings. The number of hydrogen-bond acceptors (Lipinski definition) is 3. The van der Waals surface area contributed by atoms with E-state index in [9.17, 15) is 4.79 Å². The predicted octanol–water partition coefficient (Wildman–Crippen LogP) is 3.36. The monoisotopic (exact) mass is 268 g/mol. The summed E-state index contributed by atoms with van der Waals surface area (Å²) >= 11 is 0. The van der Waals surface area contributed by atoms with Gasteiger partial charge in [-0.15, -0.1) is 0 Å². The molecule has 0 radical (unpaired) electrons. The zero-order valence-corrected chi connectivity index (χ0v) is 11.1. The summed E-state index contributed by atoms with van der Waals surface area (Å²) < 4.78 is 10.9. The lowest BCUT2D eigenvalue weighted by Crippen LogP contribution is -2.25. The summed E-state index contributed by atoms with van der Waals surface area (Å²) in [6.45, 7) is 3.40. The smallest absolute Gasteiger partial charge is 0.333 e. The van der Waals surface area contributed by atoms with Crippen LogP contribution in [0.2, 0.25) is 0 Å². The van der Waals surface area contributed by atoms with Crippen molar-refractivity contribution in [2.45, 2.75) is 12.7 Å². The van der Waals surface area contributed by atoms with E-state index in [1.54, 1.807) is 0 Å². The van der Waals surface area contributed by atoms with Crippen LogP contribution in [-0.2, 0) is 16.0 Å². The molecule has 0 bridgehead atoms. The summed E-state index contributed by atoms with van der Waals surface area (Å²) in [4.78, 5) is 11.4. The van der Waals surface area contributed by atoms with Crippen LogP contribution < -0.4 is 4.74 Å². The Morgan fingerprint density at radius 3 is 2.25 bits per heavy atom. The second-order valence-corrected chi connectivity index (χ2v) is 4.19. The Morgan fingerprint density at radius 2 is 1.65 bits per heavy atom. The van der Waals surface area contributed by atoms with Crippen molar-refractivity contribution >= 4 is 5.97 Å². The van der Waals surface area contributed by atoms with Crippen molar-refractivity contribution in [3.05, 3.63) is 78.9 Å². The molecule has 20 heavy (non-hydrogen) atoms. The topological polar surface area (TPSA) is 35.5 Å². The highest BCUT2D eigenvalue weighted by atomic mass is 16.7. The molecule has 0 saturated heterocycles. The Hall–Kier alpha value is -2.55. The van der Waals surface area contributed by atoms with E-state index >= 15 is 0 Å². The zero-order valence-electron chi connectivity index (χ0n) is 11.1. The minimum atomic E-state index is -0.676. The van der Waals surface area contributed by atoms with Gasteiger partial charge in [-0.1, -0.05) is 55.1 Å². The van der Waals surface area contributed by atoms with Gasteiger partial charge in [0.25, 0.3) is 0 Å². The van der Waals surface area contributed by atoms with E-state index in [1.165, 1.54) is 0 Å². The number of para-hydroxylation sites is 1. The highest BCUT2D eigenvalue weighted by Gasteiger charge is 2.15. The first-order valence-electron chi connectivity index (χ1n) is 6.36. The van der Waals surface area contributed by atoms with Crippen LogP contribution in [0.3, 0.4) is 0 Å². The van der Waals surface area contributed by atoms with Crippen LogP contribution in [0, 0.1) is 0 Å². The maximum absolute atomic E-state index is 11.4. The van der Waals surface area contributed by atoms with Crippen molar-refractivity contribution in [2.24, 2.45) is 0 Å². The van der Waals surface area contributed by atoms with Gasteiger partial charge in [-0.3, -0.25) is 0 Å². The van der Waals surface area contributed by atoms with Gasteiger partial charge in [0, 0.05) is 12.5 Å². The van der Waals surface area contributed by atoms with Gasteiger partial charge < -0.3 is 9.47 Å². The van der Waals surface area contributed by atoms with Gasteiger partial charge in [-0.25, -0.2) is 4.79 Å². The number of hydrogen-bond donors (Lipinski definition) is 0. The third kappa shape index (κ3) is 4.28. The molecule has 0 aromatic heterocycles. The Bertz CT molecular complexity index is 507. The molecule has 0 aliphatic carbocycles. The summed E-state index contributed by atoms with van der Waals surface area (Å²) in [5, 5.41) is 0. The lowest BCUT2D eigenvalue weighted by Gasteiger charge is -2.18. The Morgan fingerprint density at radius 1 is 1.05 bits per heavy atom. The zero-order chi connectivity index (χ0) is 14.2. The van der Waals surface area contributed by atoms with E-state index in [2.05, 4.69) is 6.58 Å². The summed E-state index contributed by atoms with van der Waals surface area (Å²) in [7, 11) is 0.